The fraction of sp³-hybridized carbons (Fsp3) is 0.478. The van der Waals surface area contributed by atoms with Gasteiger partial charge < -0.3 is 25.0 Å². The maximum atomic E-state index is 14.6. The summed E-state index contributed by atoms with van der Waals surface area (Å²) >= 11 is 0. The average molecular weight is 519 g/mol. The van der Waals surface area contributed by atoms with E-state index in [0.29, 0.717) is 0 Å². The highest BCUT2D eigenvalue weighted by atomic mass is 19.4. The van der Waals surface area contributed by atoms with Crippen molar-refractivity contribution in [1.82, 2.24) is 9.88 Å². The largest absolute Gasteiger partial charge is 0.493 e. The maximum absolute atomic E-state index is 14.6. The molecule has 1 aliphatic rings. The summed E-state index contributed by atoms with van der Waals surface area (Å²) in [5.74, 6) is -5.65. The molecule has 1 aliphatic heterocycles. The van der Waals surface area contributed by atoms with Gasteiger partial charge in [0.05, 0.1) is 43.4 Å². The summed E-state index contributed by atoms with van der Waals surface area (Å²) in [6.07, 6.45) is -6.69. The van der Waals surface area contributed by atoms with E-state index in [9.17, 15) is 31.9 Å². The Bertz CT molecular complexity index is 1100. The molecular weight excluding hydrogens is 493 g/mol. The van der Waals surface area contributed by atoms with Crippen LogP contribution in [0, 0.1) is 11.6 Å². The number of pyridine rings is 1. The highest BCUT2D eigenvalue weighted by Gasteiger charge is 2.69. The topological polar surface area (TPSA) is 104 Å². The van der Waals surface area contributed by atoms with E-state index in [1.165, 1.54) is 12.1 Å². The molecule has 0 spiro atoms. The van der Waals surface area contributed by atoms with Gasteiger partial charge >= 0.3 is 6.18 Å². The molecule has 0 unspecified atom stereocenters. The van der Waals surface area contributed by atoms with E-state index < -0.39 is 65.8 Å². The Kier molecular flexibility index (Phi) is 7.89. The second-order valence-electron chi connectivity index (χ2n) is 8.53. The number of hydrogen-bond acceptors (Lipinski definition) is 7. The summed E-state index contributed by atoms with van der Waals surface area (Å²) in [7, 11) is 3.17. The molecule has 0 saturated carbocycles. The van der Waals surface area contributed by atoms with Gasteiger partial charge in [-0.25, -0.2) is 4.39 Å². The first-order chi connectivity index (χ1) is 16.8. The lowest BCUT2D eigenvalue weighted by Gasteiger charge is -2.39. The van der Waals surface area contributed by atoms with E-state index in [2.05, 4.69) is 10.3 Å². The van der Waals surface area contributed by atoms with E-state index in [4.69, 9.17) is 14.6 Å². The third kappa shape index (κ3) is 4.51. The molecule has 3 N–H and O–H groups in total. The summed E-state index contributed by atoms with van der Waals surface area (Å²) in [5, 5.41) is 21.2. The van der Waals surface area contributed by atoms with E-state index in [0.717, 1.165) is 51.4 Å². The molecule has 2 aromatic rings. The molecule has 13 heteroatoms. The number of benzene rings is 1. The number of anilines is 1. The molecule has 1 aromatic heterocycles. The molecule has 198 valence electrons. The van der Waals surface area contributed by atoms with Gasteiger partial charge in [-0.2, -0.15) is 17.6 Å². The number of carbonyl (C=O) groups excluding carboxylic acids is 1. The number of methoxy groups -OCH3 is 2. The van der Waals surface area contributed by atoms with Crippen molar-refractivity contribution >= 4 is 11.6 Å². The lowest BCUT2D eigenvalue weighted by molar-refractivity contribution is -0.240. The molecule has 5 atom stereocenters. The highest BCUT2D eigenvalue weighted by molar-refractivity contribution is 5.96. The van der Waals surface area contributed by atoms with Crippen molar-refractivity contribution in [3.8, 4) is 5.75 Å². The van der Waals surface area contributed by atoms with E-state index >= 15 is 0 Å². The summed E-state index contributed by atoms with van der Waals surface area (Å²) in [6.45, 7) is 0.276. The number of amides is 1. The van der Waals surface area contributed by atoms with Gasteiger partial charge in [0.2, 0.25) is 11.7 Å². The van der Waals surface area contributed by atoms with Crippen molar-refractivity contribution < 1.29 is 46.4 Å². The molecule has 1 amide bonds. The van der Waals surface area contributed by atoms with E-state index in [1.54, 1.807) is 0 Å². The lowest BCUT2D eigenvalue weighted by atomic mass is 9.82. The van der Waals surface area contributed by atoms with Crippen LogP contribution in [0.4, 0.5) is 27.6 Å². The Morgan fingerprint density at radius 3 is 2.42 bits per heavy atom. The van der Waals surface area contributed by atoms with Gasteiger partial charge in [0, 0.05) is 18.6 Å². The Balaban J connectivity index is 2.11. The summed E-state index contributed by atoms with van der Waals surface area (Å²) in [5.41, 5.74) is -2.67. The zero-order valence-corrected chi connectivity index (χ0v) is 19.8. The Hall–Kier alpha value is -2.87. The number of nitrogens with one attached hydrogen (secondary N) is 1. The SMILES string of the molecule is COc1c([C@H]2[C@H](C(=O)Nc3ccc([C@H](O)CO)nc3)N(C)[C@@](C)(C(F)(F)F)[C@H]2OC)ccc(F)c1F. The third-order valence-electron chi connectivity index (χ3n) is 6.68. The second kappa shape index (κ2) is 10.2. The number of carbonyl (C=O) groups is 1. The van der Waals surface area contributed by atoms with Gasteiger partial charge in [-0.1, -0.05) is 6.07 Å². The van der Waals surface area contributed by atoms with Crippen LogP contribution in [-0.4, -0.2) is 77.7 Å². The Morgan fingerprint density at radius 2 is 1.92 bits per heavy atom. The number of alkyl halides is 3. The molecule has 36 heavy (non-hydrogen) atoms. The van der Waals surface area contributed by atoms with Gasteiger partial charge in [0.25, 0.3) is 0 Å². The monoisotopic (exact) mass is 519 g/mol. The number of ether oxygens (including phenoxy) is 2. The minimum absolute atomic E-state index is 0.0906. The minimum atomic E-state index is -4.88. The number of halogens is 5. The maximum Gasteiger partial charge on any atom is 0.409 e. The summed E-state index contributed by atoms with van der Waals surface area (Å²) in [6, 6.07) is 2.91. The lowest BCUT2D eigenvalue weighted by Crippen LogP contribution is -2.59. The first kappa shape index (κ1) is 27.7. The van der Waals surface area contributed by atoms with E-state index in [-0.39, 0.29) is 16.9 Å². The molecule has 3 rings (SSSR count). The van der Waals surface area contributed by atoms with Crippen LogP contribution in [0.1, 0.15) is 30.2 Å². The Morgan fingerprint density at radius 1 is 1.25 bits per heavy atom. The zero-order chi connectivity index (χ0) is 27.0. The van der Waals surface area contributed by atoms with Crippen LogP contribution in [0.25, 0.3) is 0 Å². The normalized spacial score (nSPS) is 25.6. The predicted octanol–water partition coefficient (Wildman–Crippen LogP) is 2.77. The predicted molar refractivity (Wildman–Crippen MR) is 117 cm³/mol. The second-order valence-corrected chi connectivity index (χ2v) is 8.53. The Labute approximate surface area is 203 Å². The third-order valence-corrected chi connectivity index (χ3v) is 6.68. The van der Waals surface area contributed by atoms with Gasteiger partial charge in [-0.15, -0.1) is 0 Å². The number of likely N-dealkylation sites (tertiary alicyclic amines) is 1. The van der Waals surface area contributed by atoms with Crippen LogP contribution in [0.2, 0.25) is 0 Å². The van der Waals surface area contributed by atoms with Gasteiger partial charge in [0.1, 0.15) is 11.6 Å². The van der Waals surface area contributed by atoms with Crippen LogP contribution in [0.15, 0.2) is 30.5 Å². The number of nitrogens with zero attached hydrogens (tertiary/aromatic N) is 2. The van der Waals surface area contributed by atoms with Crippen molar-refractivity contribution in [2.75, 3.05) is 33.2 Å². The summed E-state index contributed by atoms with van der Waals surface area (Å²) in [4.78, 5) is 18.1. The fourth-order valence-corrected chi connectivity index (χ4v) is 4.66. The fourth-order valence-electron chi connectivity index (χ4n) is 4.66. The van der Waals surface area contributed by atoms with Crippen molar-refractivity contribution in [2.45, 2.75) is 42.8 Å². The molecule has 8 nitrogen and oxygen atoms in total. The number of likely N-dealkylation sites (N-methyl/N-ethyl adjacent to an activating group) is 1. The van der Waals surface area contributed by atoms with Crippen LogP contribution in [-0.2, 0) is 9.53 Å². The number of hydrogen-bond donors (Lipinski definition) is 3. The average Bonchev–Trinajstić information content (AvgIpc) is 3.07. The molecule has 2 heterocycles. The molecule has 1 saturated heterocycles. The first-order valence-electron chi connectivity index (χ1n) is 10.7. The van der Waals surface area contributed by atoms with Crippen LogP contribution in [0.5, 0.6) is 5.75 Å². The molecule has 1 aromatic carbocycles. The quantitative estimate of drug-likeness (QED) is 0.484. The van der Waals surface area contributed by atoms with Crippen molar-refractivity contribution in [3.63, 3.8) is 0 Å². The van der Waals surface area contributed by atoms with Gasteiger partial charge in [0.15, 0.2) is 11.6 Å². The molecule has 0 aliphatic carbocycles. The summed E-state index contributed by atoms with van der Waals surface area (Å²) < 4.78 is 81.9. The highest BCUT2D eigenvalue weighted by Crippen LogP contribution is 2.53. The first-order valence-corrected chi connectivity index (χ1v) is 10.7. The van der Waals surface area contributed by atoms with Gasteiger partial charge in [-0.3, -0.25) is 14.7 Å². The minimum Gasteiger partial charge on any atom is -0.493 e. The van der Waals surface area contributed by atoms with Crippen LogP contribution >= 0.6 is 0 Å². The van der Waals surface area contributed by atoms with Gasteiger partial charge in [-0.05, 0) is 32.2 Å². The number of aromatic nitrogens is 1. The standard InChI is InChI=1S/C23H26F5N3O5/c1-22(23(26,27)28)20(36-4)16(12-6-7-13(24)17(25)19(12)35-3)18(31(22)2)21(34)30-11-5-8-14(29-9-11)15(33)10-32/h5-9,15-16,18,20,32-33H,10H2,1-4H3,(H,30,34)/t15-,16+,18-,20+,22-/m1/s1. The smallest absolute Gasteiger partial charge is 0.409 e. The number of rotatable bonds is 7. The van der Waals surface area contributed by atoms with Crippen molar-refractivity contribution in [3.05, 3.63) is 53.4 Å². The zero-order valence-electron chi connectivity index (χ0n) is 19.8. The van der Waals surface area contributed by atoms with Crippen molar-refractivity contribution in [1.29, 1.82) is 0 Å². The number of aliphatic hydroxyl groups excluding tert-OH is 2. The molecular formula is C23H26F5N3O5. The van der Waals surface area contributed by atoms with Crippen molar-refractivity contribution in [2.24, 2.45) is 0 Å². The van der Waals surface area contributed by atoms with E-state index in [1.807, 2.05) is 0 Å². The molecule has 1 fully saturated rings. The number of aliphatic hydroxyl groups is 2. The van der Waals surface area contributed by atoms with Crippen LogP contribution < -0.4 is 10.1 Å². The molecule has 0 bridgehead atoms. The molecule has 0 radical (unpaired) electrons. The van der Waals surface area contributed by atoms with Crippen LogP contribution in [0.3, 0.4) is 0 Å².